The van der Waals surface area contributed by atoms with Crippen LogP contribution in [0.1, 0.15) is 42.4 Å². The van der Waals surface area contributed by atoms with Gasteiger partial charge in [-0.15, -0.1) is 0 Å². The van der Waals surface area contributed by atoms with Crippen molar-refractivity contribution in [3.8, 4) is 5.75 Å². The molecule has 39 heavy (non-hydrogen) atoms. The predicted molar refractivity (Wildman–Crippen MR) is 149 cm³/mol. The molecule has 1 amide bonds. The Bertz CT molecular complexity index is 1140. The van der Waals surface area contributed by atoms with Gasteiger partial charge in [0.05, 0.1) is 12.5 Å². The van der Waals surface area contributed by atoms with Gasteiger partial charge in [-0.3, -0.25) is 9.59 Å². The molecule has 1 saturated heterocycles. The number of carbonyl (C=O) groups is 1. The van der Waals surface area contributed by atoms with Crippen molar-refractivity contribution in [3.63, 3.8) is 0 Å². The van der Waals surface area contributed by atoms with Crippen LogP contribution in [-0.4, -0.2) is 75.7 Å². The van der Waals surface area contributed by atoms with Crippen LogP contribution in [0.5, 0.6) is 5.75 Å². The lowest BCUT2D eigenvalue weighted by Crippen LogP contribution is -2.56. The normalized spacial score (nSPS) is 21.1. The quantitative estimate of drug-likeness (QED) is 0.368. The minimum absolute atomic E-state index is 0.0545. The minimum Gasteiger partial charge on any atom is -0.491 e. The van der Waals surface area contributed by atoms with Gasteiger partial charge in [0.25, 0.3) is 5.56 Å². The van der Waals surface area contributed by atoms with Crippen molar-refractivity contribution >= 4 is 5.91 Å². The van der Waals surface area contributed by atoms with E-state index in [0.717, 1.165) is 48.1 Å². The van der Waals surface area contributed by atoms with E-state index in [1.807, 2.05) is 17.0 Å². The van der Waals surface area contributed by atoms with Gasteiger partial charge in [-0.1, -0.05) is 6.07 Å². The lowest BCUT2D eigenvalue weighted by atomic mass is 9.75. The van der Waals surface area contributed by atoms with Gasteiger partial charge >= 0.3 is 0 Å². The van der Waals surface area contributed by atoms with Gasteiger partial charge in [0.1, 0.15) is 18.0 Å². The molecule has 0 spiro atoms. The van der Waals surface area contributed by atoms with E-state index < -0.39 is 11.5 Å². The number of hydrogen-bond donors (Lipinski definition) is 1. The summed E-state index contributed by atoms with van der Waals surface area (Å²) in [6, 6.07) is 9.99. The maximum atomic E-state index is 14.3. The van der Waals surface area contributed by atoms with Gasteiger partial charge in [0.15, 0.2) is 0 Å². The third-order valence-electron chi connectivity index (χ3n) is 7.86. The highest BCUT2D eigenvalue weighted by atomic mass is 16.5. The first-order valence-electron chi connectivity index (χ1n) is 13.9. The number of carbonyl (C=O) groups excluding carboxylic acids is 1. The number of amides is 1. The van der Waals surface area contributed by atoms with Gasteiger partial charge in [0.2, 0.25) is 5.91 Å². The van der Waals surface area contributed by atoms with Crippen molar-refractivity contribution in [3.05, 3.63) is 63.6 Å². The molecular formula is C30H43N3O6. The Kier molecular flexibility index (Phi) is 10.2. The number of benzene rings is 1. The molecule has 2 fully saturated rings. The largest absolute Gasteiger partial charge is 0.491 e. The van der Waals surface area contributed by atoms with E-state index in [9.17, 15) is 9.59 Å². The Morgan fingerprint density at radius 3 is 2.54 bits per heavy atom. The molecular weight excluding hydrogens is 498 g/mol. The average Bonchev–Trinajstić information content (AvgIpc) is 3.78. The molecule has 0 radical (unpaired) electrons. The van der Waals surface area contributed by atoms with Gasteiger partial charge in [-0.2, -0.15) is 0 Å². The summed E-state index contributed by atoms with van der Waals surface area (Å²) in [7, 11) is 6.74. The Morgan fingerprint density at radius 2 is 1.85 bits per heavy atom. The van der Waals surface area contributed by atoms with Crippen LogP contribution < -0.4 is 15.6 Å². The van der Waals surface area contributed by atoms with Gasteiger partial charge in [-0.25, -0.2) is 0 Å². The second-order valence-corrected chi connectivity index (χ2v) is 10.6. The summed E-state index contributed by atoms with van der Waals surface area (Å²) < 4.78 is 24.1. The molecule has 2 aromatic rings. The molecule has 1 aliphatic heterocycles. The van der Waals surface area contributed by atoms with Gasteiger partial charge < -0.3 is 33.7 Å². The van der Waals surface area contributed by atoms with Crippen LogP contribution in [0, 0.1) is 5.92 Å². The van der Waals surface area contributed by atoms with Crippen molar-refractivity contribution in [1.29, 1.82) is 0 Å². The molecule has 9 heteroatoms. The van der Waals surface area contributed by atoms with Crippen molar-refractivity contribution < 1.29 is 23.7 Å². The van der Waals surface area contributed by atoms with Crippen LogP contribution in [-0.2, 0) is 44.6 Å². The fourth-order valence-electron chi connectivity index (χ4n) is 5.55. The van der Waals surface area contributed by atoms with Crippen LogP contribution in [0.25, 0.3) is 0 Å². The van der Waals surface area contributed by atoms with E-state index in [1.165, 1.54) is 4.57 Å². The molecule has 4 rings (SSSR count). The molecule has 2 aliphatic rings. The fourth-order valence-corrected chi connectivity index (χ4v) is 5.55. The number of nitrogens with zero attached hydrogens (tertiary/aromatic N) is 2. The topological polar surface area (TPSA) is 91.3 Å². The minimum atomic E-state index is -0.862. The lowest BCUT2D eigenvalue weighted by Gasteiger charge is -2.44. The molecule has 2 heterocycles. The van der Waals surface area contributed by atoms with E-state index in [2.05, 4.69) is 17.4 Å². The zero-order valence-electron chi connectivity index (χ0n) is 23.7. The second kappa shape index (κ2) is 13.6. The van der Waals surface area contributed by atoms with Crippen LogP contribution in [0.3, 0.4) is 0 Å². The molecule has 0 bridgehead atoms. The summed E-state index contributed by atoms with van der Waals surface area (Å²) in [4.78, 5) is 28.9. The van der Waals surface area contributed by atoms with Crippen molar-refractivity contribution in [1.82, 2.24) is 14.8 Å². The van der Waals surface area contributed by atoms with Crippen LogP contribution in [0.4, 0.5) is 0 Å². The molecule has 214 valence electrons. The summed E-state index contributed by atoms with van der Waals surface area (Å²) in [5.41, 5.74) is 1.99. The van der Waals surface area contributed by atoms with Gasteiger partial charge in [-0.05, 0) is 73.5 Å². The fraction of sp³-hybridized carbons (Fsp3) is 0.600. The number of aryl methyl sites for hydroxylation is 2. The first-order chi connectivity index (χ1) is 18.9. The number of aromatic nitrogens is 1. The SMILES string of the molecule is COCCCc1cc(CN(C(=O)C2CNCC[C@]2(OC)c2ccn(C)c(=O)c2)C2CC2)cc(OCCOC)c1. The predicted octanol–water partition coefficient (Wildman–Crippen LogP) is 2.63. The summed E-state index contributed by atoms with van der Waals surface area (Å²) in [5.74, 6) is 0.385. The first-order valence-corrected chi connectivity index (χ1v) is 13.9. The summed E-state index contributed by atoms with van der Waals surface area (Å²) >= 11 is 0. The lowest BCUT2D eigenvalue weighted by molar-refractivity contribution is -0.155. The zero-order valence-corrected chi connectivity index (χ0v) is 23.7. The van der Waals surface area contributed by atoms with E-state index in [1.54, 1.807) is 40.6 Å². The molecule has 2 atom stereocenters. The van der Waals surface area contributed by atoms with Crippen molar-refractivity contribution in [2.45, 2.75) is 50.3 Å². The zero-order chi connectivity index (χ0) is 27.8. The Labute approximate surface area is 231 Å². The Hall–Kier alpha value is -2.72. The molecule has 9 nitrogen and oxygen atoms in total. The van der Waals surface area contributed by atoms with Crippen LogP contribution in [0.2, 0.25) is 0 Å². The molecule has 1 unspecified atom stereocenters. The summed E-state index contributed by atoms with van der Waals surface area (Å²) in [5, 5.41) is 3.40. The van der Waals surface area contributed by atoms with E-state index >= 15 is 0 Å². The summed E-state index contributed by atoms with van der Waals surface area (Å²) in [6.07, 6.45) is 6.11. The number of ether oxygens (including phenoxy) is 4. The highest BCUT2D eigenvalue weighted by Gasteiger charge is 2.49. The maximum Gasteiger partial charge on any atom is 0.250 e. The molecule has 1 saturated carbocycles. The third kappa shape index (κ3) is 7.08. The molecule has 1 aliphatic carbocycles. The monoisotopic (exact) mass is 541 g/mol. The first kappa shape index (κ1) is 29.3. The Balaban J connectivity index is 1.62. The van der Waals surface area contributed by atoms with Crippen LogP contribution in [0.15, 0.2) is 41.3 Å². The Morgan fingerprint density at radius 1 is 1.08 bits per heavy atom. The number of nitrogens with one attached hydrogen (secondary N) is 1. The smallest absolute Gasteiger partial charge is 0.250 e. The number of piperidine rings is 1. The standard InChI is InChI=1S/C30H43N3O6/c1-32-12-9-24(19-28(32)34)30(38-4)10-11-31-20-27(30)29(35)33(25-7-8-25)21-23-16-22(6-5-13-36-2)17-26(18-23)39-15-14-37-3/h9,12,16-19,25,27,31H,5-8,10-11,13-15,20-21H2,1-4H3/t27?,30-/m0/s1. The highest BCUT2D eigenvalue weighted by Crippen LogP contribution is 2.41. The number of hydrogen-bond acceptors (Lipinski definition) is 7. The number of methoxy groups -OCH3 is 3. The second-order valence-electron chi connectivity index (χ2n) is 10.6. The molecule has 1 N–H and O–H groups in total. The van der Waals surface area contributed by atoms with Crippen LogP contribution >= 0.6 is 0 Å². The van der Waals surface area contributed by atoms with Gasteiger partial charge in [0, 0.05) is 66.4 Å². The van der Waals surface area contributed by atoms with E-state index in [0.29, 0.717) is 45.9 Å². The average molecular weight is 542 g/mol. The summed E-state index contributed by atoms with van der Waals surface area (Å²) in [6.45, 7) is 3.35. The van der Waals surface area contributed by atoms with E-state index in [4.69, 9.17) is 18.9 Å². The highest BCUT2D eigenvalue weighted by molar-refractivity contribution is 5.81. The maximum absolute atomic E-state index is 14.3. The third-order valence-corrected chi connectivity index (χ3v) is 7.86. The van der Waals surface area contributed by atoms with E-state index in [-0.39, 0.29) is 17.5 Å². The van der Waals surface area contributed by atoms with Crippen molar-refractivity contribution in [2.75, 3.05) is 54.2 Å². The number of rotatable bonds is 14. The van der Waals surface area contributed by atoms with Crippen molar-refractivity contribution in [2.24, 2.45) is 13.0 Å². The molecule has 1 aromatic heterocycles. The molecule has 1 aromatic carbocycles. The number of pyridine rings is 1.